The highest BCUT2D eigenvalue weighted by atomic mass is 16.5. The maximum Gasteiger partial charge on any atom is 0.218 e. The minimum Gasteiger partial charge on any atom is -0.497 e. The Balaban J connectivity index is 2.36. The monoisotopic (exact) mass is 300 g/mol. The Morgan fingerprint density at radius 2 is 2.09 bits per heavy atom. The van der Waals surface area contributed by atoms with Crippen molar-refractivity contribution >= 4 is 28.5 Å². The zero-order valence-electron chi connectivity index (χ0n) is 12.9. The molecular formula is C15H20N6O. The Bertz CT molecular complexity index is 723. The molecule has 1 aromatic carbocycles. The van der Waals surface area contributed by atoms with E-state index < -0.39 is 0 Å². The molecule has 0 unspecified atom stereocenters. The Kier molecular flexibility index (Phi) is 4.77. The zero-order chi connectivity index (χ0) is 16.1. The minimum atomic E-state index is 0.0517. The van der Waals surface area contributed by atoms with Gasteiger partial charge in [0.1, 0.15) is 5.75 Å². The fourth-order valence-corrected chi connectivity index (χ4v) is 1.96. The molecule has 1 heterocycles. The van der Waals surface area contributed by atoms with Crippen LogP contribution < -0.4 is 21.5 Å². The van der Waals surface area contributed by atoms with Crippen LogP contribution >= 0.6 is 0 Å². The number of fused-ring (bicyclic) bond motifs is 1. The molecule has 0 amide bonds. The van der Waals surface area contributed by atoms with Gasteiger partial charge in [-0.15, -0.1) is 0 Å². The van der Waals surface area contributed by atoms with Crippen molar-refractivity contribution in [2.24, 2.45) is 21.5 Å². The molecule has 7 heteroatoms. The Hall–Kier alpha value is -2.83. The van der Waals surface area contributed by atoms with Gasteiger partial charge in [0.2, 0.25) is 11.9 Å². The third kappa shape index (κ3) is 3.85. The van der Waals surface area contributed by atoms with E-state index in [0.29, 0.717) is 11.4 Å². The Morgan fingerprint density at radius 3 is 2.77 bits per heavy atom. The number of pyridine rings is 1. The average Bonchev–Trinajstić information content (AvgIpc) is 2.45. The molecule has 0 aliphatic rings. The van der Waals surface area contributed by atoms with Gasteiger partial charge < -0.3 is 21.5 Å². The predicted molar refractivity (Wildman–Crippen MR) is 90.3 cm³/mol. The summed E-state index contributed by atoms with van der Waals surface area (Å²) in [6.45, 7) is 3.82. The molecule has 2 rings (SSSR count). The average molecular weight is 300 g/mol. The number of guanidine groups is 2. The van der Waals surface area contributed by atoms with Crippen molar-refractivity contribution < 1.29 is 4.74 Å². The number of rotatable bonds is 3. The number of aromatic nitrogens is 1. The van der Waals surface area contributed by atoms with E-state index >= 15 is 0 Å². The summed E-state index contributed by atoms with van der Waals surface area (Å²) in [7, 11) is 1.60. The molecular weight excluding hydrogens is 280 g/mol. The van der Waals surface area contributed by atoms with Gasteiger partial charge in [0.15, 0.2) is 0 Å². The van der Waals surface area contributed by atoms with Crippen LogP contribution in [0.25, 0.3) is 10.9 Å². The number of ether oxygens (including phenoxy) is 1. The standard InChI is InChI=1S/C15H20N6O/c1-9(2)19-14(16)21-15(17)20-12-8-11(22-3)7-10-5-4-6-18-13(10)12/h4-9H,1-3H3,(H5,16,17,19,20,21). The van der Waals surface area contributed by atoms with E-state index in [1.165, 1.54) is 0 Å². The second kappa shape index (κ2) is 6.75. The van der Waals surface area contributed by atoms with E-state index in [4.69, 9.17) is 16.2 Å². The molecule has 7 nitrogen and oxygen atoms in total. The smallest absolute Gasteiger partial charge is 0.218 e. The van der Waals surface area contributed by atoms with Gasteiger partial charge in [0.05, 0.1) is 18.3 Å². The molecule has 0 atom stereocenters. The number of nitrogens with zero attached hydrogens (tertiary/aromatic N) is 3. The largest absolute Gasteiger partial charge is 0.497 e. The summed E-state index contributed by atoms with van der Waals surface area (Å²) in [5, 5.41) is 3.92. The van der Waals surface area contributed by atoms with E-state index in [2.05, 4.69) is 20.3 Å². The molecule has 22 heavy (non-hydrogen) atoms. The number of hydrogen-bond donors (Lipinski definition) is 3. The SMILES string of the molecule is COc1cc(NC(N)=NC(N)=NC(C)C)c2ncccc2c1. The van der Waals surface area contributed by atoms with Gasteiger partial charge in [0, 0.05) is 23.7 Å². The second-order valence-electron chi connectivity index (χ2n) is 4.95. The molecule has 0 aliphatic carbocycles. The first-order valence-corrected chi connectivity index (χ1v) is 6.87. The van der Waals surface area contributed by atoms with Crippen LogP contribution in [0.3, 0.4) is 0 Å². The van der Waals surface area contributed by atoms with Crippen LogP contribution in [-0.4, -0.2) is 30.1 Å². The van der Waals surface area contributed by atoms with E-state index in [-0.39, 0.29) is 18.0 Å². The molecule has 0 saturated heterocycles. The van der Waals surface area contributed by atoms with Gasteiger partial charge in [-0.05, 0) is 26.0 Å². The van der Waals surface area contributed by atoms with E-state index in [1.54, 1.807) is 19.4 Å². The van der Waals surface area contributed by atoms with Gasteiger partial charge in [-0.1, -0.05) is 6.07 Å². The number of hydrogen-bond acceptors (Lipinski definition) is 3. The second-order valence-corrected chi connectivity index (χ2v) is 4.95. The van der Waals surface area contributed by atoms with Crippen molar-refractivity contribution in [2.45, 2.75) is 19.9 Å². The van der Waals surface area contributed by atoms with Gasteiger partial charge >= 0.3 is 0 Å². The van der Waals surface area contributed by atoms with Crippen LogP contribution in [0, 0.1) is 0 Å². The number of nitrogens with one attached hydrogen (secondary N) is 1. The van der Waals surface area contributed by atoms with Crippen LogP contribution in [0.5, 0.6) is 5.75 Å². The van der Waals surface area contributed by atoms with Crippen molar-refractivity contribution in [1.29, 1.82) is 0 Å². The van der Waals surface area contributed by atoms with Crippen LogP contribution in [0.4, 0.5) is 5.69 Å². The Morgan fingerprint density at radius 1 is 1.32 bits per heavy atom. The maximum atomic E-state index is 5.87. The van der Waals surface area contributed by atoms with E-state index in [0.717, 1.165) is 10.9 Å². The molecule has 0 bridgehead atoms. The van der Waals surface area contributed by atoms with Gasteiger partial charge in [-0.3, -0.25) is 4.98 Å². The first-order chi connectivity index (χ1) is 10.5. The molecule has 0 fully saturated rings. The quantitative estimate of drug-likeness (QED) is 0.590. The normalized spacial score (nSPS) is 12.7. The van der Waals surface area contributed by atoms with Crippen LogP contribution in [0.2, 0.25) is 0 Å². The molecule has 0 aliphatic heterocycles. The molecule has 2 aromatic rings. The summed E-state index contributed by atoms with van der Waals surface area (Å²) in [4.78, 5) is 12.5. The molecule has 0 spiro atoms. The lowest BCUT2D eigenvalue weighted by molar-refractivity contribution is 0.415. The first-order valence-electron chi connectivity index (χ1n) is 6.87. The lowest BCUT2D eigenvalue weighted by Gasteiger charge is -2.10. The summed E-state index contributed by atoms with van der Waals surface area (Å²) in [6.07, 6.45) is 1.71. The fourth-order valence-electron chi connectivity index (χ4n) is 1.96. The van der Waals surface area contributed by atoms with E-state index in [9.17, 15) is 0 Å². The first kappa shape index (κ1) is 15.6. The summed E-state index contributed by atoms with van der Waals surface area (Å²) in [6, 6.07) is 7.55. The van der Waals surface area contributed by atoms with Gasteiger partial charge in [0.25, 0.3) is 0 Å². The topological polar surface area (TPSA) is 111 Å². The van der Waals surface area contributed by atoms with Crippen LogP contribution in [0.15, 0.2) is 40.4 Å². The van der Waals surface area contributed by atoms with Crippen molar-refractivity contribution in [3.63, 3.8) is 0 Å². The molecule has 0 radical (unpaired) electrons. The van der Waals surface area contributed by atoms with Crippen molar-refractivity contribution in [1.82, 2.24) is 4.98 Å². The highest BCUT2D eigenvalue weighted by molar-refractivity contribution is 6.05. The van der Waals surface area contributed by atoms with Crippen molar-refractivity contribution in [3.8, 4) is 5.75 Å². The lowest BCUT2D eigenvalue weighted by Crippen LogP contribution is -2.26. The molecule has 1 aromatic heterocycles. The number of nitrogens with two attached hydrogens (primary N) is 2. The van der Waals surface area contributed by atoms with E-state index in [1.807, 2.05) is 32.0 Å². The minimum absolute atomic E-state index is 0.0517. The van der Waals surface area contributed by atoms with Crippen molar-refractivity contribution in [2.75, 3.05) is 12.4 Å². The number of methoxy groups -OCH3 is 1. The summed E-state index contributed by atoms with van der Waals surface area (Å²) in [5.74, 6) is 0.960. The van der Waals surface area contributed by atoms with Gasteiger partial charge in [-0.2, -0.15) is 4.99 Å². The Labute approximate surface area is 129 Å². The summed E-state index contributed by atoms with van der Waals surface area (Å²) in [5.41, 5.74) is 13.0. The number of aliphatic imine (C=N–C) groups is 2. The highest BCUT2D eigenvalue weighted by Crippen LogP contribution is 2.27. The third-order valence-electron chi connectivity index (χ3n) is 2.80. The number of benzene rings is 1. The fraction of sp³-hybridized carbons (Fsp3) is 0.267. The van der Waals surface area contributed by atoms with Gasteiger partial charge in [-0.25, -0.2) is 4.99 Å². The van der Waals surface area contributed by atoms with Crippen LogP contribution in [-0.2, 0) is 0 Å². The zero-order valence-corrected chi connectivity index (χ0v) is 12.9. The molecule has 116 valence electrons. The van der Waals surface area contributed by atoms with Crippen molar-refractivity contribution in [3.05, 3.63) is 30.5 Å². The summed E-state index contributed by atoms with van der Waals surface area (Å²) >= 11 is 0. The molecule has 5 N–H and O–H groups in total. The molecule has 0 saturated carbocycles. The maximum absolute atomic E-state index is 5.87. The predicted octanol–water partition coefficient (Wildman–Crippen LogP) is 1.69. The highest BCUT2D eigenvalue weighted by Gasteiger charge is 2.07. The summed E-state index contributed by atoms with van der Waals surface area (Å²) < 4.78 is 5.28. The number of anilines is 1. The lowest BCUT2D eigenvalue weighted by atomic mass is 10.2. The van der Waals surface area contributed by atoms with Crippen LogP contribution in [0.1, 0.15) is 13.8 Å². The third-order valence-corrected chi connectivity index (χ3v) is 2.80.